The van der Waals surface area contributed by atoms with Gasteiger partial charge in [0.2, 0.25) is 0 Å². The van der Waals surface area contributed by atoms with E-state index in [0.717, 1.165) is 5.56 Å². The molecule has 0 unspecified atom stereocenters. The van der Waals surface area contributed by atoms with Crippen LogP contribution in [0.5, 0.6) is 0 Å². The van der Waals surface area contributed by atoms with E-state index in [-0.39, 0.29) is 5.78 Å². The van der Waals surface area contributed by atoms with Crippen molar-refractivity contribution in [3.8, 4) is 0 Å². The summed E-state index contributed by atoms with van der Waals surface area (Å²) >= 11 is 0. The molecule has 1 aliphatic heterocycles. The Morgan fingerprint density at radius 2 is 2.00 bits per heavy atom. The molecule has 1 aromatic carbocycles. The molecule has 1 aromatic rings. The van der Waals surface area contributed by atoms with Gasteiger partial charge in [0.05, 0.1) is 11.3 Å². The predicted molar refractivity (Wildman–Crippen MR) is 72.4 cm³/mol. The minimum Gasteiger partial charge on any atom is -0.304 e. The molecular weight excluding hydrogens is 242 g/mol. The van der Waals surface area contributed by atoms with Gasteiger partial charge in [-0.1, -0.05) is 19.1 Å². The van der Waals surface area contributed by atoms with Crippen LogP contribution in [-0.2, 0) is 9.59 Å². The van der Waals surface area contributed by atoms with E-state index in [0.29, 0.717) is 37.1 Å². The van der Waals surface area contributed by atoms with Crippen molar-refractivity contribution in [1.29, 1.82) is 0 Å². The average molecular weight is 259 g/mol. The second-order valence-electron chi connectivity index (χ2n) is 4.75. The van der Waals surface area contributed by atoms with Gasteiger partial charge in [-0.15, -0.1) is 0 Å². The van der Waals surface area contributed by atoms with Crippen molar-refractivity contribution in [2.45, 2.75) is 33.1 Å². The zero-order chi connectivity index (χ0) is 14.0. The van der Waals surface area contributed by atoms with Gasteiger partial charge in [0.15, 0.2) is 0 Å². The van der Waals surface area contributed by atoms with Crippen LogP contribution in [0.3, 0.4) is 0 Å². The Balaban J connectivity index is 2.17. The number of Topliss-reactive ketones (excluding diaryl/α,β-unsaturated/α-hetero) is 2. The monoisotopic (exact) mass is 259 g/mol. The second-order valence-corrected chi connectivity index (χ2v) is 4.75. The molecule has 0 atom stereocenters. The van der Waals surface area contributed by atoms with E-state index in [1.54, 1.807) is 12.1 Å². The highest BCUT2D eigenvalue weighted by Crippen LogP contribution is 2.32. The molecule has 0 aliphatic carbocycles. The molecule has 1 amide bonds. The van der Waals surface area contributed by atoms with Crippen LogP contribution in [0.1, 0.15) is 42.1 Å². The highest BCUT2D eigenvalue weighted by Gasteiger charge is 2.36. The summed E-state index contributed by atoms with van der Waals surface area (Å²) in [6.45, 7) is 4.13. The van der Waals surface area contributed by atoms with Gasteiger partial charge in [0.1, 0.15) is 5.78 Å². The molecule has 4 heteroatoms. The Kier molecular flexibility index (Phi) is 3.79. The second kappa shape index (κ2) is 5.34. The highest BCUT2D eigenvalue weighted by atomic mass is 16.2. The molecule has 0 saturated carbocycles. The summed E-state index contributed by atoms with van der Waals surface area (Å²) in [4.78, 5) is 36.6. The number of carbonyl (C=O) groups is 3. The molecule has 100 valence electrons. The minimum atomic E-state index is -0.478. The smallest absolute Gasteiger partial charge is 0.299 e. The normalized spacial score (nSPS) is 13.9. The maximum Gasteiger partial charge on any atom is 0.299 e. The number of para-hydroxylation sites is 1. The number of aryl methyl sites for hydroxylation is 1. The number of benzene rings is 1. The summed E-state index contributed by atoms with van der Waals surface area (Å²) in [7, 11) is 0. The summed E-state index contributed by atoms with van der Waals surface area (Å²) in [5, 5.41) is 0. The van der Waals surface area contributed by atoms with Crippen LogP contribution in [0.2, 0.25) is 0 Å². The van der Waals surface area contributed by atoms with Crippen molar-refractivity contribution in [2.24, 2.45) is 0 Å². The molecule has 4 nitrogen and oxygen atoms in total. The lowest BCUT2D eigenvalue weighted by atomic mass is 10.1. The third-order valence-corrected chi connectivity index (χ3v) is 3.42. The summed E-state index contributed by atoms with van der Waals surface area (Å²) in [6, 6.07) is 5.35. The molecule has 0 spiro atoms. The van der Waals surface area contributed by atoms with E-state index in [9.17, 15) is 14.4 Å². The number of nitrogens with zero attached hydrogens (tertiary/aromatic N) is 1. The van der Waals surface area contributed by atoms with Crippen LogP contribution in [0.4, 0.5) is 5.69 Å². The number of ketones is 2. The fraction of sp³-hybridized carbons (Fsp3) is 0.400. The predicted octanol–water partition coefficient (Wildman–Crippen LogP) is 2.28. The van der Waals surface area contributed by atoms with Crippen LogP contribution in [0.25, 0.3) is 0 Å². The van der Waals surface area contributed by atoms with Crippen LogP contribution < -0.4 is 4.90 Å². The third kappa shape index (κ3) is 2.43. The molecule has 0 aromatic heterocycles. The van der Waals surface area contributed by atoms with E-state index in [2.05, 4.69) is 0 Å². The Bertz CT molecular complexity index is 548. The van der Waals surface area contributed by atoms with E-state index >= 15 is 0 Å². The Morgan fingerprint density at radius 3 is 2.68 bits per heavy atom. The zero-order valence-electron chi connectivity index (χ0n) is 11.2. The average Bonchev–Trinajstić information content (AvgIpc) is 2.65. The first-order valence-electron chi connectivity index (χ1n) is 6.53. The molecule has 0 N–H and O–H groups in total. The standard InChI is InChI=1S/C15H17NO3/c1-3-11(17)7-5-9-16-13-10(2)6-4-8-12(13)14(18)15(16)19/h4,6,8H,3,5,7,9H2,1-2H3. The van der Waals surface area contributed by atoms with E-state index < -0.39 is 11.7 Å². The molecular formula is C15H17NO3. The van der Waals surface area contributed by atoms with Crippen molar-refractivity contribution in [3.63, 3.8) is 0 Å². The number of carbonyl (C=O) groups excluding carboxylic acids is 3. The SMILES string of the molecule is CCC(=O)CCCN1C(=O)C(=O)c2cccc(C)c21. The summed E-state index contributed by atoms with van der Waals surface area (Å²) in [6.07, 6.45) is 1.57. The van der Waals surface area contributed by atoms with Crippen molar-refractivity contribution < 1.29 is 14.4 Å². The molecule has 1 aliphatic rings. The number of anilines is 1. The maximum atomic E-state index is 12.0. The van der Waals surface area contributed by atoms with Gasteiger partial charge >= 0.3 is 0 Å². The number of rotatable bonds is 5. The molecule has 1 heterocycles. The van der Waals surface area contributed by atoms with Crippen molar-refractivity contribution >= 4 is 23.2 Å². The number of hydrogen-bond donors (Lipinski definition) is 0. The fourth-order valence-corrected chi connectivity index (χ4v) is 2.36. The lowest BCUT2D eigenvalue weighted by Gasteiger charge is -2.18. The van der Waals surface area contributed by atoms with Gasteiger partial charge < -0.3 is 4.90 Å². The Hall–Kier alpha value is -1.97. The number of hydrogen-bond acceptors (Lipinski definition) is 3. The topological polar surface area (TPSA) is 54.5 Å². The molecule has 0 saturated heterocycles. The van der Waals surface area contributed by atoms with Gasteiger partial charge in [-0.3, -0.25) is 14.4 Å². The molecule has 2 rings (SSSR count). The molecule has 0 bridgehead atoms. The summed E-state index contributed by atoms with van der Waals surface area (Å²) < 4.78 is 0. The van der Waals surface area contributed by atoms with E-state index in [1.165, 1.54) is 4.90 Å². The quantitative estimate of drug-likeness (QED) is 0.762. The van der Waals surface area contributed by atoms with Gasteiger partial charge in [-0.25, -0.2) is 0 Å². The number of fused-ring (bicyclic) bond motifs is 1. The van der Waals surface area contributed by atoms with E-state index in [4.69, 9.17) is 0 Å². The highest BCUT2D eigenvalue weighted by molar-refractivity contribution is 6.52. The van der Waals surface area contributed by atoms with Gasteiger partial charge in [-0.2, -0.15) is 0 Å². The first-order valence-corrected chi connectivity index (χ1v) is 6.53. The number of amides is 1. The van der Waals surface area contributed by atoms with Crippen LogP contribution in [0.15, 0.2) is 18.2 Å². The van der Waals surface area contributed by atoms with E-state index in [1.807, 2.05) is 19.9 Å². The lowest BCUT2D eigenvalue weighted by molar-refractivity contribution is -0.119. The zero-order valence-corrected chi connectivity index (χ0v) is 11.2. The van der Waals surface area contributed by atoms with Crippen LogP contribution in [-0.4, -0.2) is 24.0 Å². The van der Waals surface area contributed by atoms with Crippen LogP contribution in [0, 0.1) is 6.92 Å². The molecule has 19 heavy (non-hydrogen) atoms. The summed E-state index contributed by atoms with van der Waals surface area (Å²) in [5.74, 6) is -0.739. The minimum absolute atomic E-state index is 0.183. The van der Waals surface area contributed by atoms with Crippen molar-refractivity contribution in [3.05, 3.63) is 29.3 Å². The Morgan fingerprint density at radius 1 is 1.26 bits per heavy atom. The largest absolute Gasteiger partial charge is 0.304 e. The van der Waals surface area contributed by atoms with Crippen molar-refractivity contribution in [1.82, 2.24) is 0 Å². The first-order chi connectivity index (χ1) is 9.06. The van der Waals surface area contributed by atoms with Crippen molar-refractivity contribution in [2.75, 3.05) is 11.4 Å². The molecule has 0 radical (unpaired) electrons. The van der Waals surface area contributed by atoms with Gasteiger partial charge in [0.25, 0.3) is 11.7 Å². The fourth-order valence-electron chi connectivity index (χ4n) is 2.36. The van der Waals surface area contributed by atoms with Crippen LogP contribution >= 0.6 is 0 Å². The lowest BCUT2D eigenvalue weighted by Crippen LogP contribution is -2.31. The third-order valence-electron chi connectivity index (χ3n) is 3.42. The molecule has 0 fully saturated rings. The summed E-state index contributed by atoms with van der Waals surface area (Å²) in [5.41, 5.74) is 2.10. The van der Waals surface area contributed by atoms with Gasteiger partial charge in [-0.05, 0) is 25.0 Å². The first kappa shape index (κ1) is 13.5. The van der Waals surface area contributed by atoms with Gasteiger partial charge in [0, 0.05) is 19.4 Å². The maximum absolute atomic E-state index is 12.0. The Labute approximate surface area is 112 Å².